The van der Waals surface area contributed by atoms with E-state index in [0.717, 1.165) is 15.6 Å². The third kappa shape index (κ3) is 1.24. The zero-order valence-electron chi connectivity index (χ0n) is 7.12. The molecule has 2 rings (SSSR count). The Morgan fingerprint density at radius 2 is 2.36 bits per heavy atom. The second-order valence-corrected chi connectivity index (χ2v) is 4.02. The maximum atomic E-state index is 9.56. The average Bonchev–Trinajstić information content (AvgIpc) is 2.65. The highest BCUT2D eigenvalue weighted by Gasteiger charge is 2.11. The molecule has 0 fully saturated rings. The van der Waals surface area contributed by atoms with E-state index >= 15 is 0 Å². The molecule has 0 aliphatic carbocycles. The fraction of sp³-hybridized carbons (Fsp3) is 0.100. The topological polar surface area (TPSA) is 44.0 Å². The maximum Gasteiger partial charge on any atom is 0.135 e. The molecule has 1 N–H and O–H groups in total. The van der Waals surface area contributed by atoms with Crippen LogP contribution in [0.5, 0.6) is 5.75 Å². The lowest BCUT2D eigenvalue weighted by atomic mass is 10.1. The Labute approximate surface area is 90.0 Å². The summed E-state index contributed by atoms with van der Waals surface area (Å²) in [5, 5.41) is 21.3. The Kier molecular flexibility index (Phi) is 2.32. The molecule has 1 aromatic carbocycles. The average molecular weight is 224 g/mol. The van der Waals surface area contributed by atoms with Gasteiger partial charge in [-0.1, -0.05) is 0 Å². The summed E-state index contributed by atoms with van der Waals surface area (Å²) in [6.07, 6.45) is 0. The normalized spacial score (nSPS) is 10.3. The zero-order valence-corrected chi connectivity index (χ0v) is 8.69. The summed E-state index contributed by atoms with van der Waals surface area (Å²) in [5.41, 5.74) is 1.20. The van der Waals surface area contributed by atoms with E-state index in [-0.39, 0.29) is 5.75 Å². The second-order valence-electron chi connectivity index (χ2n) is 2.84. The highest BCUT2D eigenvalue weighted by atomic mass is 35.5. The van der Waals surface area contributed by atoms with Crippen LogP contribution in [0.1, 0.15) is 11.1 Å². The summed E-state index contributed by atoms with van der Waals surface area (Å²) in [4.78, 5) is 0. The number of rotatable bonds is 1. The van der Waals surface area contributed by atoms with Crippen molar-refractivity contribution < 1.29 is 5.11 Å². The number of hydrogen-bond acceptors (Lipinski definition) is 3. The van der Waals surface area contributed by atoms with E-state index in [0.29, 0.717) is 11.4 Å². The molecule has 1 aromatic heterocycles. The molecule has 0 saturated heterocycles. The highest BCUT2D eigenvalue weighted by Crippen LogP contribution is 2.34. The molecule has 0 radical (unpaired) electrons. The van der Waals surface area contributed by atoms with Gasteiger partial charge in [0, 0.05) is 5.88 Å². The number of phenols is 1. The van der Waals surface area contributed by atoms with Crippen molar-refractivity contribution in [1.29, 1.82) is 5.26 Å². The van der Waals surface area contributed by atoms with Crippen LogP contribution < -0.4 is 0 Å². The van der Waals surface area contributed by atoms with Crippen molar-refractivity contribution in [1.82, 2.24) is 0 Å². The van der Waals surface area contributed by atoms with Gasteiger partial charge in [0.15, 0.2) is 0 Å². The molecule has 0 bridgehead atoms. The lowest BCUT2D eigenvalue weighted by molar-refractivity contribution is 0.474. The molecule has 0 saturated carbocycles. The van der Waals surface area contributed by atoms with E-state index in [1.165, 1.54) is 11.3 Å². The van der Waals surface area contributed by atoms with Crippen molar-refractivity contribution in [3.05, 3.63) is 28.6 Å². The van der Waals surface area contributed by atoms with Crippen molar-refractivity contribution in [2.75, 3.05) is 0 Å². The minimum atomic E-state index is 0.0121. The zero-order chi connectivity index (χ0) is 10.1. The monoisotopic (exact) mass is 223 g/mol. The van der Waals surface area contributed by atoms with Crippen LogP contribution >= 0.6 is 22.9 Å². The largest absolute Gasteiger partial charge is 0.507 e. The maximum absolute atomic E-state index is 9.56. The molecule has 14 heavy (non-hydrogen) atoms. The first-order valence-electron chi connectivity index (χ1n) is 3.96. The lowest BCUT2D eigenvalue weighted by Crippen LogP contribution is -1.83. The number of halogens is 1. The van der Waals surface area contributed by atoms with Crippen LogP contribution in [0.3, 0.4) is 0 Å². The molecule has 0 unspecified atom stereocenters. The molecule has 0 atom stereocenters. The molecule has 70 valence electrons. The van der Waals surface area contributed by atoms with Crippen LogP contribution in [0.25, 0.3) is 10.1 Å². The molecule has 2 aromatic rings. The van der Waals surface area contributed by atoms with Gasteiger partial charge in [-0.05, 0) is 28.5 Å². The summed E-state index contributed by atoms with van der Waals surface area (Å²) in [5.74, 6) is 0.352. The predicted octanol–water partition coefficient (Wildman–Crippen LogP) is 3.22. The predicted molar refractivity (Wildman–Crippen MR) is 57.8 cm³/mol. The van der Waals surface area contributed by atoms with Crippen molar-refractivity contribution in [2.45, 2.75) is 5.88 Å². The van der Waals surface area contributed by atoms with Crippen LogP contribution in [0.2, 0.25) is 0 Å². The minimum absolute atomic E-state index is 0.0121. The SMILES string of the molecule is N#Cc1c(O)cc(CCl)c2ccsc12. The van der Waals surface area contributed by atoms with Crippen molar-refractivity contribution in [3.8, 4) is 11.8 Å². The van der Waals surface area contributed by atoms with Gasteiger partial charge < -0.3 is 5.11 Å². The van der Waals surface area contributed by atoms with Gasteiger partial charge in [0.25, 0.3) is 0 Å². The standard InChI is InChI=1S/C10H6ClNOS/c11-4-6-3-9(13)8(5-12)10-7(6)1-2-14-10/h1-3,13H,4H2. The Hall–Kier alpha value is -1.24. The van der Waals surface area contributed by atoms with Gasteiger partial charge in [0.1, 0.15) is 17.4 Å². The first-order valence-corrected chi connectivity index (χ1v) is 5.37. The van der Waals surface area contributed by atoms with E-state index in [9.17, 15) is 5.11 Å². The van der Waals surface area contributed by atoms with Crippen molar-refractivity contribution >= 4 is 33.0 Å². The number of phenolic OH excluding ortho intramolecular Hbond substituents is 1. The van der Waals surface area contributed by atoms with Crippen LogP contribution in [-0.2, 0) is 5.88 Å². The van der Waals surface area contributed by atoms with Crippen LogP contribution in [-0.4, -0.2) is 5.11 Å². The van der Waals surface area contributed by atoms with Crippen molar-refractivity contribution in [3.63, 3.8) is 0 Å². The highest BCUT2D eigenvalue weighted by molar-refractivity contribution is 7.17. The number of nitriles is 1. The molecule has 0 aliphatic rings. The molecule has 0 amide bonds. The Bertz CT molecular complexity index is 527. The van der Waals surface area contributed by atoms with Gasteiger partial charge in [0.2, 0.25) is 0 Å². The van der Waals surface area contributed by atoms with Crippen LogP contribution in [0.4, 0.5) is 0 Å². The quantitative estimate of drug-likeness (QED) is 0.755. The first kappa shape index (κ1) is 9.32. The molecule has 1 heterocycles. The van der Waals surface area contributed by atoms with Gasteiger partial charge in [-0.2, -0.15) is 5.26 Å². The third-order valence-electron chi connectivity index (χ3n) is 2.06. The summed E-state index contributed by atoms with van der Waals surface area (Å²) >= 11 is 7.18. The number of benzene rings is 1. The van der Waals surface area contributed by atoms with Gasteiger partial charge in [0.05, 0.1) is 4.70 Å². The fourth-order valence-corrected chi connectivity index (χ4v) is 2.56. The summed E-state index contributed by atoms with van der Waals surface area (Å²) < 4.78 is 0.808. The second kappa shape index (κ2) is 3.49. The van der Waals surface area contributed by atoms with Gasteiger partial charge in [-0.3, -0.25) is 0 Å². The number of aromatic hydroxyl groups is 1. The number of fused-ring (bicyclic) bond motifs is 1. The number of nitrogens with zero attached hydrogens (tertiary/aromatic N) is 1. The summed E-state index contributed by atoms with van der Waals surface area (Å²) in [7, 11) is 0. The van der Waals surface area contributed by atoms with E-state index in [2.05, 4.69) is 0 Å². The smallest absolute Gasteiger partial charge is 0.135 e. The molecule has 4 heteroatoms. The lowest BCUT2D eigenvalue weighted by Gasteiger charge is -2.02. The minimum Gasteiger partial charge on any atom is -0.507 e. The van der Waals surface area contributed by atoms with Crippen LogP contribution in [0, 0.1) is 11.3 Å². The van der Waals surface area contributed by atoms with Gasteiger partial charge >= 0.3 is 0 Å². The van der Waals surface area contributed by atoms with Crippen molar-refractivity contribution in [2.24, 2.45) is 0 Å². The van der Waals surface area contributed by atoms with Crippen LogP contribution in [0.15, 0.2) is 17.5 Å². The van der Waals surface area contributed by atoms with E-state index in [4.69, 9.17) is 16.9 Å². The molecular weight excluding hydrogens is 218 g/mol. The first-order chi connectivity index (χ1) is 6.77. The molecular formula is C10H6ClNOS. The third-order valence-corrected chi connectivity index (χ3v) is 3.28. The Morgan fingerprint density at radius 1 is 1.57 bits per heavy atom. The molecule has 0 aliphatic heterocycles. The Morgan fingerprint density at radius 3 is 3.00 bits per heavy atom. The number of thiophene rings is 1. The number of hydrogen-bond donors (Lipinski definition) is 1. The summed E-state index contributed by atoms with van der Waals surface area (Å²) in [6.45, 7) is 0. The van der Waals surface area contributed by atoms with E-state index in [1.54, 1.807) is 6.07 Å². The summed E-state index contributed by atoms with van der Waals surface area (Å²) in [6, 6.07) is 5.46. The Balaban J connectivity index is 2.90. The van der Waals surface area contributed by atoms with E-state index < -0.39 is 0 Å². The molecule has 2 nitrogen and oxygen atoms in total. The fourth-order valence-electron chi connectivity index (χ4n) is 1.41. The number of alkyl halides is 1. The van der Waals surface area contributed by atoms with Gasteiger partial charge in [-0.15, -0.1) is 22.9 Å². The molecule has 0 spiro atoms. The van der Waals surface area contributed by atoms with E-state index in [1.807, 2.05) is 17.5 Å². The van der Waals surface area contributed by atoms with Gasteiger partial charge in [-0.25, -0.2) is 0 Å².